The predicted molar refractivity (Wildman–Crippen MR) is 120 cm³/mol. The highest BCUT2D eigenvalue weighted by molar-refractivity contribution is 5.90. The first-order chi connectivity index (χ1) is 15.2. The fraction of sp³-hybridized carbons (Fsp3) is 0.240. The van der Waals surface area contributed by atoms with E-state index in [1.165, 1.54) is 11.6 Å². The van der Waals surface area contributed by atoms with Crippen LogP contribution in [0.5, 0.6) is 5.75 Å². The second-order valence-electron chi connectivity index (χ2n) is 7.74. The van der Waals surface area contributed by atoms with Gasteiger partial charge in [-0.3, -0.25) is 9.88 Å². The van der Waals surface area contributed by atoms with E-state index in [0.29, 0.717) is 5.69 Å². The second-order valence-corrected chi connectivity index (χ2v) is 7.74. The molecule has 5 rings (SSSR count). The zero-order valence-corrected chi connectivity index (χ0v) is 17.4. The van der Waals surface area contributed by atoms with Gasteiger partial charge in [0.05, 0.1) is 12.8 Å². The van der Waals surface area contributed by atoms with Gasteiger partial charge < -0.3 is 14.1 Å². The van der Waals surface area contributed by atoms with E-state index in [-0.39, 0.29) is 5.82 Å². The summed E-state index contributed by atoms with van der Waals surface area (Å²) in [5, 5.41) is 1.05. The van der Waals surface area contributed by atoms with E-state index in [1.54, 1.807) is 25.6 Å². The van der Waals surface area contributed by atoms with Crippen molar-refractivity contribution < 1.29 is 13.5 Å². The number of fused-ring (bicyclic) bond motifs is 1. The van der Waals surface area contributed by atoms with Crippen molar-refractivity contribution in [2.75, 3.05) is 38.2 Å². The van der Waals surface area contributed by atoms with Gasteiger partial charge >= 0.3 is 0 Å². The normalized spacial score (nSPS) is 14.8. The fourth-order valence-electron chi connectivity index (χ4n) is 4.20. The maximum atomic E-state index is 14.1. The summed E-state index contributed by atoms with van der Waals surface area (Å²) < 4.78 is 25.8. The van der Waals surface area contributed by atoms with Crippen molar-refractivity contribution in [3.63, 3.8) is 0 Å². The molecule has 1 fully saturated rings. The molecular formula is C25H24FN3O2. The van der Waals surface area contributed by atoms with Crippen LogP contribution in [0.4, 0.5) is 10.1 Å². The highest BCUT2D eigenvalue weighted by Gasteiger charge is 2.21. The summed E-state index contributed by atoms with van der Waals surface area (Å²) in [4.78, 5) is 8.71. The van der Waals surface area contributed by atoms with Crippen LogP contribution in [-0.4, -0.2) is 43.2 Å². The predicted octanol–water partition coefficient (Wildman–Crippen LogP) is 4.96. The molecule has 0 spiro atoms. The lowest BCUT2D eigenvalue weighted by atomic mass is 10.1. The van der Waals surface area contributed by atoms with Gasteiger partial charge in [0, 0.05) is 56.1 Å². The number of pyridine rings is 1. The Bertz CT molecular complexity index is 1180. The zero-order chi connectivity index (χ0) is 21.2. The number of para-hydroxylation sites is 1. The van der Waals surface area contributed by atoms with Crippen LogP contribution in [0.25, 0.3) is 22.3 Å². The van der Waals surface area contributed by atoms with Crippen LogP contribution in [-0.2, 0) is 6.54 Å². The molecule has 0 bridgehead atoms. The van der Waals surface area contributed by atoms with Gasteiger partial charge in [-0.1, -0.05) is 18.2 Å². The molecule has 4 aromatic rings. The monoisotopic (exact) mass is 417 g/mol. The second kappa shape index (κ2) is 8.40. The van der Waals surface area contributed by atoms with E-state index in [2.05, 4.69) is 26.9 Å². The molecule has 1 aliphatic heterocycles. The summed E-state index contributed by atoms with van der Waals surface area (Å²) >= 11 is 0. The fourth-order valence-corrected chi connectivity index (χ4v) is 4.20. The number of nitrogens with zero attached hydrogens (tertiary/aromatic N) is 3. The molecule has 1 saturated heterocycles. The van der Waals surface area contributed by atoms with Crippen LogP contribution in [0, 0.1) is 5.82 Å². The number of furan rings is 1. The number of hydrogen-bond acceptors (Lipinski definition) is 5. The Kier molecular flexibility index (Phi) is 5.30. The first-order valence-corrected chi connectivity index (χ1v) is 10.4. The first-order valence-electron chi connectivity index (χ1n) is 10.4. The zero-order valence-electron chi connectivity index (χ0n) is 17.4. The average Bonchev–Trinajstić information content (AvgIpc) is 3.27. The van der Waals surface area contributed by atoms with E-state index < -0.39 is 0 Å². The van der Waals surface area contributed by atoms with Crippen LogP contribution >= 0.6 is 0 Å². The van der Waals surface area contributed by atoms with E-state index in [0.717, 1.165) is 60.8 Å². The molecule has 0 radical (unpaired) electrons. The minimum atomic E-state index is -0.158. The number of anilines is 1. The summed E-state index contributed by atoms with van der Waals surface area (Å²) in [6, 6.07) is 17.0. The Morgan fingerprint density at radius 1 is 1.03 bits per heavy atom. The van der Waals surface area contributed by atoms with Gasteiger partial charge in [0.2, 0.25) is 0 Å². The summed E-state index contributed by atoms with van der Waals surface area (Å²) in [7, 11) is 1.66. The van der Waals surface area contributed by atoms with Gasteiger partial charge in [0.25, 0.3) is 0 Å². The number of halogens is 1. The molecule has 6 heteroatoms. The van der Waals surface area contributed by atoms with Crippen LogP contribution in [0.1, 0.15) is 5.56 Å². The molecule has 1 aliphatic rings. The Morgan fingerprint density at radius 2 is 1.87 bits per heavy atom. The molecule has 158 valence electrons. The van der Waals surface area contributed by atoms with E-state index in [4.69, 9.17) is 9.15 Å². The number of aromatic nitrogens is 1. The van der Waals surface area contributed by atoms with Crippen molar-refractivity contribution in [1.29, 1.82) is 0 Å². The minimum absolute atomic E-state index is 0.158. The van der Waals surface area contributed by atoms with Crippen LogP contribution in [0.2, 0.25) is 0 Å². The Hall–Kier alpha value is -3.38. The lowest BCUT2D eigenvalue weighted by Crippen LogP contribution is -2.46. The highest BCUT2D eigenvalue weighted by atomic mass is 19.1. The van der Waals surface area contributed by atoms with E-state index in [1.807, 2.05) is 30.3 Å². The third kappa shape index (κ3) is 3.86. The molecular weight excluding hydrogens is 393 g/mol. The molecule has 5 nitrogen and oxygen atoms in total. The Labute approximate surface area is 180 Å². The van der Waals surface area contributed by atoms with Gasteiger partial charge in [-0.05, 0) is 42.0 Å². The molecule has 0 unspecified atom stereocenters. The molecule has 0 amide bonds. The maximum absolute atomic E-state index is 14.1. The third-order valence-corrected chi connectivity index (χ3v) is 5.86. The van der Waals surface area contributed by atoms with Crippen molar-refractivity contribution >= 4 is 16.7 Å². The molecule has 0 N–H and O–H groups in total. The van der Waals surface area contributed by atoms with E-state index >= 15 is 0 Å². The molecule has 2 aromatic heterocycles. The van der Waals surface area contributed by atoms with Gasteiger partial charge in [-0.2, -0.15) is 0 Å². The molecule has 0 saturated carbocycles. The quantitative estimate of drug-likeness (QED) is 0.459. The van der Waals surface area contributed by atoms with Crippen molar-refractivity contribution in [3.05, 3.63) is 78.4 Å². The SMILES string of the molecule is COc1ccc(CN2CCN(c3ccccc3F)CC2)c2cc(-c3cccnc3)oc12. The van der Waals surface area contributed by atoms with Gasteiger partial charge in [-0.15, -0.1) is 0 Å². The number of benzene rings is 2. The van der Waals surface area contributed by atoms with Crippen molar-refractivity contribution in [2.45, 2.75) is 6.54 Å². The number of ether oxygens (including phenoxy) is 1. The molecule has 0 aliphatic carbocycles. The summed E-state index contributed by atoms with van der Waals surface area (Å²) in [5.74, 6) is 1.34. The van der Waals surface area contributed by atoms with Crippen molar-refractivity contribution in [3.8, 4) is 17.1 Å². The van der Waals surface area contributed by atoms with Crippen LogP contribution in [0.15, 0.2) is 71.4 Å². The van der Waals surface area contributed by atoms with Gasteiger partial charge in [-0.25, -0.2) is 4.39 Å². The summed E-state index contributed by atoms with van der Waals surface area (Å²) in [6.45, 7) is 4.14. The summed E-state index contributed by atoms with van der Waals surface area (Å²) in [6.07, 6.45) is 3.55. The highest BCUT2D eigenvalue weighted by Crippen LogP contribution is 2.36. The Morgan fingerprint density at radius 3 is 2.61 bits per heavy atom. The molecule has 2 aromatic carbocycles. The number of hydrogen-bond donors (Lipinski definition) is 0. The number of piperazine rings is 1. The summed E-state index contributed by atoms with van der Waals surface area (Å²) in [5.41, 5.74) is 3.56. The van der Waals surface area contributed by atoms with Gasteiger partial charge in [0.1, 0.15) is 11.6 Å². The largest absolute Gasteiger partial charge is 0.493 e. The molecule has 0 atom stereocenters. The lowest BCUT2D eigenvalue weighted by Gasteiger charge is -2.36. The van der Waals surface area contributed by atoms with Crippen LogP contribution < -0.4 is 9.64 Å². The topological polar surface area (TPSA) is 41.7 Å². The first kappa shape index (κ1) is 19.6. The smallest absolute Gasteiger partial charge is 0.176 e. The van der Waals surface area contributed by atoms with Crippen molar-refractivity contribution in [2.24, 2.45) is 0 Å². The maximum Gasteiger partial charge on any atom is 0.176 e. The number of rotatable bonds is 5. The minimum Gasteiger partial charge on any atom is -0.493 e. The Balaban J connectivity index is 1.37. The molecule has 3 heterocycles. The standard InChI is InChI=1S/C25H24FN3O2/c1-30-23-9-8-19(20-15-24(31-25(20)23)18-5-4-10-27-16-18)17-28-11-13-29(14-12-28)22-7-3-2-6-21(22)26/h2-10,15-16H,11-14,17H2,1H3. The van der Waals surface area contributed by atoms with Crippen LogP contribution in [0.3, 0.4) is 0 Å². The average molecular weight is 417 g/mol. The molecule has 31 heavy (non-hydrogen) atoms. The van der Waals surface area contributed by atoms with E-state index in [9.17, 15) is 4.39 Å². The third-order valence-electron chi connectivity index (χ3n) is 5.86. The number of methoxy groups -OCH3 is 1. The lowest BCUT2D eigenvalue weighted by molar-refractivity contribution is 0.250. The van der Waals surface area contributed by atoms with Gasteiger partial charge in [0.15, 0.2) is 11.3 Å². The van der Waals surface area contributed by atoms with Crippen molar-refractivity contribution in [1.82, 2.24) is 9.88 Å².